The highest BCUT2D eigenvalue weighted by Crippen LogP contribution is 2.35. The summed E-state index contributed by atoms with van der Waals surface area (Å²) in [5.74, 6) is -1.73. The lowest BCUT2D eigenvalue weighted by molar-refractivity contribution is -0.139. The molecule has 0 bridgehead atoms. The van der Waals surface area contributed by atoms with Gasteiger partial charge in [0.1, 0.15) is 10.9 Å². The van der Waals surface area contributed by atoms with Crippen molar-refractivity contribution in [2.45, 2.75) is 12.5 Å². The number of aliphatic hydroxyl groups excluding tert-OH is 1. The summed E-state index contributed by atoms with van der Waals surface area (Å²) in [4.78, 5) is 23.3. The Kier molecular flexibility index (Phi) is 4.59. The van der Waals surface area contributed by atoms with Gasteiger partial charge in [-0.15, -0.1) is 11.3 Å². The third kappa shape index (κ3) is 2.92. The fourth-order valence-electron chi connectivity index (χ4n) is 1.77. The second-order valence-electron chi connectivity index (χ2n) is 4.12. The molecule has 106 valence electrons. The van der Waals surface area contributed by atoms with E-state index in [0.29, 0.717) is 5.02 Å². The molecule has 0 radical (unpaired) electrons. The Morgan fingerprint density at radius 2 is 2.05 bits per heavy atom. The highest BCUT2D eigenvalue weighted by Gasteiger charge is 2.23. The van der Waals surface area contributed by atoms with Gasteiger partial charge in [-0.25, -0.2) is 4.79 Å². The van der Waals surface area contributed by atoms with Crippen LogP contribution in [0.2, 0.25) is 5.02 Å². The molecule has 1 amide bonds. The predicted molar refractivity (Wildman–Crippen MR) is 77.4 cm³/mol. The number of carboxylic acid groups (broad SMARTS) is 1. The standard InChI is InChI=1S/C13H12ClNO4S/c14-10-7-3-1-2-4-9(7)20-11(10)12(17)15-8(5-6-16)13(18)19/h1-4,8,16H,5-6H2,(H,15,17)(H,18,19)/t8-/m0/s1. The smallest absolute Gasteiger partial charge is 0.326 e. The maximum atomic E-state index is 12.1. The van der Waals surface area contributed by atoms with Crippen LogP contribution in [0.4, 0.5) is 0 Å². The van der Waals surface area contributed by atoms with Crippen molar-refractivity contribution >= 4 is 44.9 Å². The number of hydrogen-bond acceptors (Lipinski definition) is 4. The van der Waals surface area contributed by atoms with Crippen molar-refractivity contribution in [3.05, 3.63) is 34.2 Å². The molecule has 5 nitrogen and oxygen atoms in total. The number of fused-ring (bicyclic) bond motifs is 1. The van der Waals surface area contributed by atoms with Crippen LogP contribution in [0.25, 0.3) is 10.1 Å². The lowest BCUT2D eigenvalue weighted by Crippen LogP contribution is -2.41. The van der Waals surface area contributed by atoms with E-state index >= 15 is 0 Å². The maximum Gasteiger partial charge on any atom is 0.326 e. The van der Waals surface area contributed by atoms with Crippen molar-refractivity contribution in [1.29, 1.82) is 0 Å². The number of amides is 1. The molecule has 20 heavy (non-hydrogen) atoms. The molecule has 0 aliphatic rings. The molecule has 7 heteroatoms. The van der Waals surface area contributed by atoms with Gasteiger partial charge in [0.2, 0.25) is 0 Å². The Labute approximate surface area is 123 Å². The normalized spacial score (nSPS) is 12.3. The molecule has 2 aromatic rings. The third-order valence-corrected chi connectivity index (χ3v) is 4.44. The molecule has 0 unspecified atom stereocenters. The Hall–Kier alpha value is -1.63. The molecule has 3 N–H and O–H groups in total. The topological polar surface area (TPSA) is 86.6 Å². The van der Waals surface area contributed by atoms with Crippen LogP contribution in [0.15, 0.2) is 24.3 Å². The maximum absolute atomic E-state index is 12.1. The molecule has 0 aliphatic carbocycles. The Balaban J connectivity index is 2.27. The van der Waals surface area contributed by atoms with Gasteiger partial charge < -0.3 is 15.5 Å². The summed E-state index contributed by atoms with van der Waals surface area (Å²) in [6.07, 6.45) is -0.0520. The van der Waals surface area contributed by atoms with Gasteiger partial charge in [-0.05, 0) is 6.07 Å². The number of carbonyl (C=O) groups is 2. The van der Waals surface area contributed by atoms with Crippen molar-refractivity contribution in [3.63, 3.8) is 0 Å². The molecule has 0 fully saturated rings. The number of carbonyl (C=O) groups excluding carboxylic acids is 1. The van der Waals surface area contributed by atoms with Crippen molar-refractivity contribution in [2.75, 3.05) is 6.61 Å². The number of aliphatic hydroxyl groups is 1. The van der Waals surface area contributed by atoms with Crippen LogP contribution >= 0.6 is 22.9 Å². The lowest BCUT2D eigenvalue weighted by atomic mass is 10.2. The summed E-state index contributed by atoms with van der Waals surface area (Å²) < 4.78 is 0.858. The number of halogens is 1. The quantitative estimate of drug-likeness (QED) is 0.789. The molecule has 1 atom stereocenters. The highest BCUT2D eigenvalue weighted by molar-refractivity contribution is 7.21. The van der Waals surface area contributed by atoms with Gasteiger partial charge in [-0.1, -0.05) is 29.8 Å². The van der Waals surface area contributed by atoms with E-state index in [1.54, 1.807) is 6.07 Å². The molecular weight excluding hydrogens is 302 g/mol. The Morgan fingerprint density at radius 1 is 1.35 bits per heavy atom. The van der Waals surface area contributed by atoms with Crippen molar-refractivity contribution in [1.82, 2.24) is 5.32 Å². The molecular formula is C13H12ClNO4S. The monoisotopic (exact) mass is 313 g/mol. The fourth-order valence-corrected chi connectivity index (χ4v) is 3.19. The predicted octanol–water partition coefficient (Wildman–Crippen LogP) is 2.12. The minimum absolute atomic E-state index is 0.0520. The average molecular weight is 314 g/mol. The second kappa shape index (κ2) is 6.21. The number of thiophene rings is 1. The first-order valence-electron chi connectivity index (χ1n) is 5.86. The van der Waals surface area contributed by atoms with Crippen molar-refractivity contribution in [2.24, 2.45) is 0 Å². The van der Waals surface area contributed by atoms with Gasteiger partial charge in [0.25, 0.3) is 5.91 Å². The molecule has 1 heterocycles. The summed E-state index contributed by atoms with van der Waals surface area (Å²) in [7, 11) is 0. The molecule has 1 aromatic carbocycles. The summed E-state index contributed by atoms with van der Waals surface area (Å²) in [6, 6.07) is 6.16. The largest absolute Gasteiger partial charge is 0.480 e. The summed E-state index contributed by atoms with van der Waals surface area (Å²) in [6.45, 7) is -0.322. The summed E-state index contributed by atoms with van der Waals surface area (Å²) >= 11 is 7.35. The van der Waals surface area contributed by atoms with Gasteiger partial charge in [-0.3, -0.25) is 4.79 Å². The van der Waals surface area contributed by atoms with Crippen LogP contribution in [0, 0.1) is 0 Å². The van der Waals surface area contributed by atoms with E-state index in [4.69, 9.17) is 21.8 Å². The number of rotatable bonds is 5. The van der Waals surface area contributed by atoms with E-state index < -0.39 is 17.9 Å². The lowest BCUT2D eigenvalue weighted by Gasteiger charge is -2.12. The van der Waals surface area contributed by atoms with Gasteiger partial charge >= 0.3 is 5.97 Å². The fraction of sp³-hybridized carbons (Fsp3) is 0.231. The first-order chi connectivity index (χ1) is 9.54. The SMILES string of the molecule is O=C(N[C@@H](CCO)C(=O)O)c1sc2ccccc2c1Cl. The van der Waals surface area contributed by atoms with E-state index in [0.717, 1.165) is 10.1 Å². The van der Waals surface area contributed by atoms with E-state index in [2.05, 4.69) is 5.32 Å². The Morgan fingerprint density at radius 3 is 2.65 bits per heavy atom. The zero-order valence-corrected chi connectivity index (χ0v) is 11.9. The molecule has 2 rings (SSSR count). The first-order valence-corrected chi connectivity index (χ1v) is 7.05. The molecule has 1 aromatic heterocycles. The van der Waals surface area contributed by atoms with Crippen molar-refractivity contribution in [3.8, 4) is 0 Å². The zero-order chi connectivity index (χ0) is 14.7. The first kappa shape index (κ1) is 14.8. The van der Waals surface area contributed by atoms with E-state index in [-0.39, 0.29) is 17.9 Å². The van der Waals surface area contributed by atoms with Crippen LogP contribution in [0.1, 0.15) is 16.1 Å². The van der Waals surface area contributed by atoms with Gasteiger partial charge in [-0.2, -0.15) is 0 Å². The minimum Gasteiger partial charge on any atom is -0.480 e. The third-order valence-electron chi connectivity index (χ3n) is 2.76. The number of benzene rings is 1. The summed E-state index contributed by atoms with van der Waals surface area (Å²) in [5, 5.41) is 21.2. The number of hydrogen-bond donors (Lipinski definition) is 3. The average Bonchev–Trinajstić information content (AvgIpc) is 2.76. The molecule has 0 aliphatic heterocycles. The van der Waals surface area contributed by atoms with E-state index in [1.165, 1.54) is 11.3 Å². The van der Waals surface area contributed by atoms with E-state index in [9.17, 15) is 9.59 Å². The number of carboxylic acids is 1. The van der Waals surface area contributed by atoms with Crippen LogP contribution in [0.5, 0.6) is 0 Å². The molecule has 0 spiro atoms. The van der Waals surface area contributed by atoms with Crippen molar-refractivity contribution < 1.29 is 19.8 Å². The Bertz CT molecular complexity index is 655. The van der Waals surface area contributed by atoms with Gasteiger partial charge in [0.05, 0.1) is 5.02 Å². The molecule has 0 saturated heterocycles. The molecule has 0 saturated carbocycles. The zero-order valence-electron chi connectivity index (χ0n) is 10.3. The highest BCUT2D eigenvalue weighted by atomic mass is 35.5. The summed E-state index contributed by atoms with van der Waals surface area (Å²) in [5.41, 5.74) is 0. The van der Waals surface area contributed by atoms with Gasteiger partial charge in [0, 0.05) is 23.1 Å². The van der Waals surface area contributed by atoms with Crippen LogP contribution in [-0.4, -0.2) is 34.7 Å². The second-order valence-corrected chi connectivity index (χ2v) is 5.55. The number of aliphatic carboxylic acids is 1. The van der Waals surface area contributed by atoms with Crippen LogP contribution < -0.4 is 5.32 Å². The minimum atomic E-state index is -1.19. The van der Waals surface area contributed by atoms with Crippen LogP contribution in [-0.2, 0) is 4.79 Å². The number of nitrogens with one attached hydrogen (secondary N) is 1. The van der Waals surface area contributed by atoms with Crippen LogP contribution in [0.3, 0.4) is 0 Å². The van der Waals surface area contributed by atoms with Gasteiger partial charge in [0.15, 0.2) is 0 Å². The van der Waals surface area contributed by atoms with E-state index in [1.807, 2.05) is 18.2 Å².